The van der Waals surface area contributed by atoms with E-state index in [0.29, 0.717) is 23.5 Å². The fourth-order valence-corrected chi connectivity index (χ4v) is 3.77. The number of nitro groups is 1. The van der Waals surface area contributed by atoms with Crippen molar-refractivity contribution in [1.82, 2.24) is 4.98 Å². The summed E-state index contributed by atoms with van der Waals surface area (Å²) in [7, 11) is 0. The van der Waals surface area contributed by atoms with Crippen molar-refractivity contribution < 1.29 is 24.4 Å². The lowest BCUT2D eigenvalue weighted by Crippen LogP contribution is -2.30. The second-order valence-electron chi connectivity index (χ2n) is 7.58. The van der Waals surface area contributed by atoms with Crippen molar-refractivity contribution in [2.45, 2.75) is 19.4 Å². The minimum absolute atomic E-state index is 0.182. The number of carbonyl (C=O) groups excluding carboxylic acids is 2. The van der Waals surface area contributed by atoms with Gasteiger partial charge in [0, 0.05) is 23.9 Å². The van der Waals surface area contributed by atoms with Crippen molar-refractivity contribution in [3.8, 4) is 5.75 Å². The Morgan fingerprint density at radius 2 is 1.88 bits per heavy atom. The molecular formula is C25H21N3O6. The van der Waals surface area contributed by atoms with Crippen molar-refractivity contribution in [3.05, 3.63) is 99.7 Å². The largest absolute Gasteiger partial charge is 0.507 e. The molecule has 0 spiro atoms. The van der Waals surface area contributed by atoms with Crippen molar-refractivity contribution in [2.24, 2.45) is 0 Å². The number of pyridine rings is 1. The molecule has 1 aromatic heterocycles. The molecule has 2 aromatic carbocycles. The zero-order chi connectivity index (χ0) is 24.2. The molecule has 1 aliphatic rings. The number of amides is 1. The molecule has 1 N–H and O–H groups in total. The molecule has 0 saturated carbocycles. The molecule has 1 saturated heterocycles. The number of hydrogen-bond donors (Lipinski definition) is 1. The highest BCUT2D eigenvalue weighted by atomic mass is 16.6. The summed E-state index contributed by atoms with van der Waals surface area (Å²) in [6.07, 6.45) is 2.30. The first-order chi connectivity index (χ1) is 16.4. The minimum atomic E-state index is -1.11. The van der Waals surface area contributed by atoms with E-state index in [2.05, 4.69) is 4.98 Å². The first-order valence-corrected chi connectivity index (χ1v) is 10.6. The number of non-ortho nitro benzene ring substituents is 1. The van der Waals surface area contributed by atoms with Crippen LogP contribution in [0.5, 0.6) is 5.75 Å². The standard InChI is InChI=1S/C25H21N3O6/c1-2-14-34-19-11-9-16(10-12-19)23(29)21-22(17-6-5-7-18(15-17)28(32)33)27(25(31)24(21)30)20-8-3-4-13-26-20/h3-13,15,22,29H,2,14H2,1H3/t22-/m0/s1. The highest BCUT2D eigenvalue weighted by molar-refractivity contribution is 6.51. The smallest absolute Gasteiger partial charge is 0.301 e. The molecular weight excluding hydrogens is 438 g/mol. The van der Waals surface area contributed by atoms with E-state index in [-0.39, 0.29) is 17.1 Å². The number of aliphatic hydroxyl groups excluding tert-OH is 1. The molecule has 4 rings (SSSR count). The van der Waals surface area contributed by atoms with Crippen LogP contribution in [0.2, 0.25) is 0 Å². The van der Waals surface area contributed by atoms with Gasteiger partial charge in [0.15, 0.2) is 0 Å². The molecule has 9 nitrogen and oxygen atoms in total. The first kappa shape index (κ1) is 22.7. The summed E-state index contributed by atoms with van der Waals surface area (Å²) in [4.78, 5) is 42.3. The summed E-state index contributed by atoms with van der Waals surface area (Å²) in [6, 6.07) is 15.8. The Hall–Kier alpha value is -4.53. The second-order valence-corrected chi connectivity index (χ2v) is 7.58. The number of nitro benzene ring substituents is 1. The van der Waals surface area contributed by atoms with Gasteiger partial charge in [-0.3, -0.25) is 24.6 Å². The predicted molar refractivity (Wildman–Crippen MR) is 124 cm³/mol. The third kappa shape index (κ3) is 4.23. The number of ether oxygens (including phenoxy) is 1. The van der Waals surface area contributed by atoms with E-state index in [1.54, 1.807) is 48.5 Å². The third-order valence-electron chi connectivity index (χ3n) is 5.34. The number of nitrogens with zero attached hydrogens (tertiary/aromatic N) is 3. The number of carbonyl (C=O) groups is 2. The van der Waals surface area contributed by atoms with Crippen LogP contribution in [-0.4, -0.2) is 33.3 Å². The van der Waals surface area contributed by atoms with Gasteiger partial charge in [0.2, 0.25) is 0 Å². The Morgan fingerprint density at radius 1 is 1.12 bits per heavy atom. The van der Waals surface area contributed by atoms with Crippen LogP contribution in [0.15, 0.2) is 78.5 Å². The number of aliphatic hydroxyl groups is 1. The first-order valence-electron chi connectivity index (χ1n) is 10.6. The van der Waals surface area contributed by atoms with Crippen molar-refractivity contribution in [2.75, 3.05) is 11.5 Å². The maximum absolute atomic E-state index is 13.1. The molecule has 0 bridgehead atoms. The molecule has 1 amide bonds. The molecule has 2 heterocycles. The van der Waals surface area contributed by atoms with Gasteiger partial charge >= 0.3 is 5.91 Å². The van der Waals surface area contributed by atoms with Crippen molar-refractivity contribution in [3.63, 3.8) is 0 Å². The van der Waals surface area contributed by atoms with Crippen molar-refractivity contribution >= 4 is 29.0 Å². The van der Waals surface area contributed by atoms with Crippen LogP contribution in [0.25, 0.3) is 5.76 Å². The van der Waals surface area contributed by atoms with Crippen LogP contribution in [0, 0.1) is 10.1 Å². The Balaban J connectivity index is 1.87. The Morgan fingerprint density at radius 3 is 2.53 bits per heavy atom. The average molecular weight is 459 g/mol. The molecule has 1 atom stereocenters. The second kappa shape index (κ2) is 9.53. The fraction of sp³-hybridized carbons (Fsp3) is 0.160. The number of rotatable bonds is 7. The van der Waals surface area contributed by atoms with Gasteiger partial charge in [0.25, 0.3) is 11.5 Å². The van der Waals surface area contributed by atoms with Gasteiger partial charge < -0.3 is 9.84 Å². The van der Waals surface area contributed by atoms with Crippen LogP contribution < -0.4 is 9.64 Å². The number of aromatic nitrogens is 1. The van der Waals surface area contributed by atoms with E-state index in [1.165, 1.54) is 24.4 Å². The molecule has 34 heavy (non-hydrogen) atoms. The molecule has 0 unspecified atom stereocenters. The number of hydrogen-bond acceptors (Lipinski definition) is 7. The van der Waals surface area contributed by atoms with Crippen LogP contribution >= 0.6 is 0 Å². The SMILES string of the molecule is CCCOc1ccc(C(O)=C2C(=O)C(=O)N(c3ccccn3)[C@H]2c2cccc([N+](=O)[O-])c2)cc1. The lowest BCUT2D eigenvalue weighted by Gasteiger charge is -2.24. The van der Waals surface area contributed by atoms with E-state index in [4.69, 9.17) is 4.74 Å². The van der Waals surface area contributed by atoms with Crippen LogP contribution in [0.3, 0.4) is 0 Å². The number of benzene rings is 2. The van der Waals surface area contributed by atoms with E-state index >= 15 is 0 Å². The van der Waals surface area contributed by atoms with Gasteiger partial charge in [-0.05, 0) is 48.4 Å². The summed E-state index contributed by atoms with van der Waals surface area (Å²) in [5, 5.41) is 22.5. The summed E-state index contributed by atoms with van der Waals surface area (Å²) in [6.45, 7) is 2.52. The summed E-state index contributed by atoms with van der Waals surface area (Å²) in [5.41, 5.74) is 0.210. The van der Waals surface area contributed by atoms with Gasteiger partial charge in [-0.2, -0.15) is 0 Å². The molecule has 1 aliphatic heterocycles. The summed E-state index contributed by atoms with van der Waals surface area (Å²) < 4.78 is 5.56. The Bertz CT molecular complexity index is 1270. The molecule has 9 heteroatoms. The molecule has 1 fully saturated rings. The lowest BCUT2D eigenvalue weighted by molar-refractivity contribution is -0.384. The molecule has 0 aliphatic carbocycles. The van der Waals surface area contributed by atoms with Gasteiger partial charge in [0.05, 0.1) is 23.1 Å². The van der Waals surface area contributed by atoms with E-state index in [9.17, 15) is 24.8 Å². The quantitative estimate of drug-likeness (QED) is 0.183. The van der Waals surface area contributed by atoms with Crippen LogP contribution in [0.4, 0.5) is 11.5 Å². The fourth-order valence-electron chi connectivity index (χ4n) is 3.77. The maximum Gasteiger partial charge on any atom is 0.301 e. The topological polar surface area (TPSA) is 123 Å². The molecule has 172 valence electrons. The van der Waals surface area contributed by atoms with Crippen LogP contribution in [0.1, 0.15) is 30.5 Å². The zero-order valence-corrected chi connectivity index (χ0v) is 18.2. The highest BCUT2D eigenvalue weighted by Crippen LogP contribution is 2.42. The number of anilines is 1. The monoisotopic (exact) mass is 459 g/mol. The lowest BCUT2D eigenvalue weighted by atomic mass is 9.95. The normalized spacial score (nSPS) is 17.1. The van der Waals surface area contributed by atoms with Crippen molar-refractivity contribution in [1.29, 1.82) is 0 Å². The predicted octanol–water partition coefficient (Wildman–Crippen LogP) is 4.40. The maximum atomic E-state index is 13.1. The van der Waals surface area contributed by atoms with Gasteiger partial charge in [-0.15, -0.1) is 0 Å². The van der Waals surface area contributed by atoms with Gasteiger partial charge in [-0.1, -0.05) is 25.1 Å². The van der Waals surface area contributed by atoms with Gasteiger partial charge in [-0.25, -0.2) is 4.98 Å². The summed E-state index contributed by atoms with van der Waals surface area (Å²) >= 11 is 0. The third-order valence-corrected chi connectivity index (χ3v) is 5.34. The highest BCUT2D eigenvalue weighted by Gasteiger charge is 2.47. The zero-order valence-electron chi connectivity index (χ0n) is 18.2. The number of Topliss-reactive ketones (excluding diaryl/α,β-unsaturated/α-hetero) is 1. The number of ketones is 1. The average Bonchev–Trinajstić information content (AvgIpc) is 3.13. The molecule has 0 radical (unpaired) electrons. The van der Waals surface area contributed by atoms with Crippen LogP contribution in [-0.2, 0) is 9.59 Å². The molecule has 3 aromatic rings. The summed E-state index contributed by atoms with van der Waals surface area (Å²) in [5.74, 6) is -1.41. The Kier molecular flexibility index (Phi) is 6.35. The Labute approximate surface area is 195 Å². The van der Waals surface area contributed by atoms with E-state index in [1.807, 2.05) is 6.92 Å². The van der Waals surface area contributed by atoms with E-state index < -0.39 is 28.4 Å². The minimum Gasteiger partial charge on any atom is -0.507 e. The van der Waals surface area contributed by atoms with E-state index in [0.717, 1.165) is 11.3 Å². The van der Waals surface area contributed by atoms with Gasteiger partial charge in [0.1, 0.15) is 17.3 Å².